The number of aromatic nitrogens is 3. The van der Waals surface area contributed by atoms with Crippen LogP contribution in [0, 0.1) is 5.82 Å². The Kier molecular flexibility index (Phi) is 4.57. The van der Waals surface area contributed by atoms with Crippen LogP contribution in [0.1, 0.15) is 30.4 Å². The molecule has 8 heteroatoms. The van der Waals surface area contributed by atoms with E-state index in [2.05, 4.69) is 5.16 Å². The molecule has 1 saturated carbocycles. The molecule has 0 amide bonds. The largest absolute Gasteiger partial charge is 0.389 e. The summed E-state index contributed by atoms with van der Waals surface area (Å²) in [4.78, 5) is 5.44. The molecule has 3 aromatic rings. The number of oxime groups is 1. The minimum Gasteiger partial charge on any atom is -0.389 e. The second-order valence-electron chi connectivity index (χ2n) is 7.04. The van der Waals surface area contributed by atoms with Crippen LogP contribution in [0.25, 0.3) is 5.65 Å². The molecule has 27 heavy (non-hydrogen) atoms. The molecule has 4 rings (SSSR count). The van der Waals surface area contributed by atoms with Crippen molar-refractivity contribution >= 4 is 11.5 Å². The first-order valence-electron chi connectivity index (χ1n) is 9.08. The summed E-state index contributed by atoms with van der Waals surface area (Å²) in [6.07, 6.45) is 8.53. The molecule has 2 atom stereocenters. The van der Waals surface area contributed by atoms with E-state index in [1.54, 1.807) is 12.1 Å². The fourth-order valence-electron chi connectivity index (χ4n) is 3.53. The molecule has 2 heterocycles. The Morgan fingerprint density at radius 2 is 2.19 bits per heavy atom. The molecule has 7 nitrogen and oxygen atoms in total. The van der Waals surface area contributed by atoms with Crippen molar-refractivity contribution < 1.29 is 13.8 Å². The van der Waals surface area contributed by atoms with E-state index in [9.17, 15) is 4.39 Å². The Balaban J connectivity index is 1.50. The number of hydrogen-bond donors (Lipinski definition) is 2. The number of aryl methyl sites for hydroxylation is 1. The van der Waals surface area contributed by atoms with Gasteiger partial charge in [0.15, 0.2) is 12.0 Å². The Bertz CT molecular complexity index is 991. The van der Waals surface area contributed by atoms with E-state index < -0.39 is 0 Å². The Morgan fingerprint density at radius 3 is 2.93 bits per heavy atom. The predicted octanol–water partition coefficient (Wildman–Crippen LogP) is 1.27. The van der Waals surface area contributed by atoms with Crippen molar-refractivity contribution in [2.45, 2.75) is 38.0 Å². The fourth-order valence-corrected chi connectivity index (χ4v) is 3.53. The lowest BCUT2D eigenvalue weighted by molar-refractivity contribution is -0.662. The summed E-state index contributed by atoms with van der Waals surface area (Å²) >= 11 is 0. The van der Waals surface area contributed by atoms with E-state index in [0.29, 0.717) is 17.7 Å². The lowest BCUT2D eigenvalue weighted by Crippen LogP contribution is -2.33. The van der Waals surface area contributed by atoms with E-state index in [1.165, 1.54) is 6.07 Å². The summed E-state index contributed by atoms with van der Waals surface area (Å²) in [7, 11) is 1.95. The minimum atomic E-state index is -0.328. The molecule has 2 aromatic heterocycles. The van der Waals surface area contributed by atoms with Crippen molar-refractivity contribution in [2.75, 3.05) is 0 Å². The molecule has 1 aromatic carbocycles. The summed E-state index contributed by atoms with van der Waals surface area (Å²) in [5, 5.41) is 3.95. The van der Waals surface area contributed by atoms with Gasteiger partial charge in [0.2, 0.25) is 0 Å². The zero-order valence-corrected chi connectivity index (χ0v) is 15.3. The number of amidine groups is 1. The summed E-state index contributed by atoms with van der Waals surface area (Å²) in [5.74, 6) is -0.174. The van der Waals surface area contributed by atoms with Gasteiger partial charge in [-0.05, 0) is 25.3 Å². The average Bonchev–Trinajstić information content (AvgIpc) is 3.34. The first-order chi connectivity index (χ1) is 13.0. The second-order valence-corrected chi connectivity index (χ2v) is 7.04. The van der Waals surface area contributed by atoms with Gasteiger partial charge in [0.1, 0.15) is 24.7 Å². The maximum absolute atomic E-state index is 14.6. The van der Waals surface area contributed by atoms with Crippen LogP contribution >= 0.6 is 0 Å². The van der Waals surface area contributed by atoms with Crippen LogP contribution in [-0.4, -0.2) is 27.2 Å². The number of benzene rings is 1. The third kappa shape index (κ3) is 3.40. The van der Waals surface area contributed by atoms with Gasteiger partial charge in [0.05, 0.1) is 0 Å². The molecule has 1 fully saturated rings. The van der Waals surface area contributed by atoms with Crippen LogP contribution in [0.3, 0.4) is 0 Å². The Hall–Kier alpha value is -2.87. The van der Waals surface area contributed by atoms with Gasteiger partial charge in [-0.2, -0.15) is 0 Å². The van der Waals surface area contributed by atoms with E-state index in [4.69, 9.17) is 16.3 Å². The average molecular weight is 371 g/mol. The highest BCUT2D eigenvalue weighted by Crippen LogP contribution is 2.20. The lowest BCUT2D eigenvalue weighted by atomic mass is 10.1. The fraction of sp³-hybridized carbons (Fsp3) is 0.368. The van der Waals surface area contributed by atoms with Gasteiger partial charge in [0, 0.05) is 36.5 Å². The predicted molar refractivity (Wildman–Crippen MR) is 99.5 cm³/mol. The van der Waals surface area contributed by atoms with Gasteiger partial charge in [0.25, 0.3) is 0 Å². The van der Waals surface area contributed by atoms with E-state index in [1.807, 2.05) is 45.5 Å². The Labute approximate surface area is 156 Å². The maximum atomic E-state index is 14.6. The van der Waals surface area contributed by atoms with Crippen LogP contribution < -0.4 is 16.0 Å². The van der Waals surface area contributed by atoms with Crippen molar-refractivity contribution in [3.05, 3.63) is 59.8 Å². The van der Waals surface area contributed by atoms with Crippen molar-refractivity contribution in [1.82, 2.24) is 9.20 Å². The zero-order chi connectivity index (χ0) is 19.0. The molecule has 0 saturated heterocycles. The van der Waals surface area contributed by atoms with Gasteiger partial charge in [-0.15, -0.1) is 4.52 Å². The SMILES string of the molecule is Cn1ccc2n1cc[n+]2Cc1ccc(C(N)=NOC2CCCC2N)cc1F. The first-order valence-corrected chi connectivity index (χ1v) is 9.08. The number of hydrogen-bond acceptors (Lipinski definition) is 3. The van der Waals surface area contributed by atoms with Gasteiger partial charge in [-0.1, -0.05) is 17.3 Å². The summed E-state index contributed by atoms with van der Waals surface area (Å²) < 4.78 is 20.5. The first kappa shape index (κ1) is 17.5. The summed E-state index contributed by atoms with van der Waals surface area (Å²) in [6, 6.07) is 6.85. The number of fused-ring (bicyclic) bond motifs is 1. The zero-order valence-electron chi connectivity index (χ0n) is 15.3. The van der Waals surface area contributed by atoms with Crippen LogP contribution in [0.15, 0.2) is 48.0 Å². The molecule has 142 valence electrons. The van der Waals surface area contributed by atoms with Crippen molar-refractivity contribution in [3.8, 4) is 0 Å². The highest BCUT2D eigenvalue weighted by atomic mass is 19.1. The van der Waals surface area contributed by atoms with E-state index in [0.717, 1.165) is 24.9 Å². The highest BCUT2D eigenvalue weighted by Gasteiger charge is 2.25. The molecule has 0 aliphatic heterocycles. The van der Waals surface area contributed by atoms with Crippen LogP contribution in [-0.2, 0) is 18.4 Å². The number of nitrogens with zero attached hydrogens (tertiary/aromatic N) is 4. The maximum Gasteiger partial charge on any atom is 0.307 e. The minimum absolute atomic E-state index is 0.0186. The quantitative estimate of drug-likeness (QED) is 0.306. The van der Waals surface area contributed by atoms with Crippen molar-refractivity contribution in [3.63, 3.8) is 0 Å². The van der Waals surface area contributed by atoms with Crippen LogP contribution in [0.2, 0.25) is 0 Å². The normalized spacial score (nSPS) is 20.5. The summed E-state index contributed by atoms with van der Waals surface area (Å²) in [5.41, 5.74) is 14.0. The van der Waals surface area contributed by atoms with Gasteiger partial charge in [-0.3, -0.25) is 0 Å². The molecule has 1 aliphatic carbocycles. The van der Waals surface area contributed by atoms with Crippen molar-refractivity contribution in [1.29, 1.82) is 0 Å². The standard InChI is InChI=1S/C19H24FN6O/c1-24-8-7-18-25(9-10-26(18)24)12-14-6-5-13(11-15(14)20)19(22)23-27-17-4-2-3-16(17)21/h5-11,16-17H,2-4,12,21H2,1H3,(H2,22,23)/q+1. The Morgan fingerprint density at radius 1 is 1.33 bits per heavy atom. The van der Waals surface area contributed by atoms with Gasteiger partial charge >= 0.3 is 5.65 Å². The topological polar surface area (TPSA) is 86.8 Å². The van der Waals surface area contributed by atoms with Crippen molar-refractivity contribution in [2.24, 2.45) is 23.7 Å². The number of rotatable bonds is 5. The molecule has 4 N–H and O–H groups in total. The van der Waals surface area contributed by atoms with Gasteiger partial charge in [-0.25, -0.2) is 13.6 Å². The third-order valence-corrected chi connectivity index (χ3v) is 5.18. The third-order valence-electron chi connectivity index (χ3n) is 5.18. The van der Waals surface area contributed by atoms with Crippen LogP contribution in [0.5, 0.6) is 0 Å². The van der Waals surface area contributed by atoms with E-state index in [-0.39, 0.29) is 23.8 Å². The monoisotopic (exact) mass is 371 g/mol. The number of nitrogens with two attached hydrogens (primary N) is 2. The number of imidazole rings is 1. The molecular formula is C19H24FN6O+. The van der Waals surface area contributed by atoms with Gasteiger partial charge < -0.3 is 16.3 Å². The highest BCUT2D eigenvalue weighted by molar-refractivity contribution is 5.97. The molecule has 2 unspecified atom stereocenters. The molecule has 1 aliphatic rings. The molecule has 0 radical (unpaired) electrons. The molecular weight excluding hydrogens is 347 g/mol. The lowest BCUT2D eigenvalue weighted by Gasteiger charge is -2.13. The van der Waals surface area contributed by atoms with Crippen LogP contribution in [0.4, 0.5) is 4.39 Å². The second kappa shape index (κ2) is 7.03. The number of halogens is 1. The summed E-state index contributed by atoms with van der Waals surface area (Å²) in [6.45, 7) is 0.428. The smallest absolute Gasteiger partial charge is 0.307 e. The molecule has 0 bridgehead atoms. The molecule has 0 spiro atoms. The van der Waals surface area contributed by atoms with E-state index >= 15 is 0 Å².